The van der Waals surface area contributed by atoms with Crippen molar-refractivity contribution in [1.29, 1.82) is 0 Å². The number of carbonyl (C=O) groups is 2. The van der Waals surface area contributed by atoms with Gasteiger partial charge in [0, 0.05) is 17.7 Å². The second kappa shape index (κ2) is 6.27. The van der Waals surface area contributed by atoms with Crippen LogP contribution in [0.15, 0.2) is 5.16 Å². The van der Waals surface area contributed by atoms with E-state index in [0.717, 1.165) is 25.0 Å². The van der Waals surface area contributed by atoms with E-state index in [-0.39, 0.29) is 24.1 Å². The summed E-state index contributed by atoms with van der Waals surface area (Å²) in [5.41, 5.74) is -0.0916. The number of carboxylic acid groups (broad SMARTS) is 1. The molecular formula is C12H18N2O4S. The SMILES string of the molecule is CCSC1CCCC1NC(=O)C1CC(C(=O)O)=NO1. The molecule has 0 aromatic carbocycles. The molecule has 1 aliphatic heterocycles. The Morgan fingerprint density at radius 1 is 1.53 bits per heavy atom. The van der Waals surface area contributed by atoms with Crippen molar-refractivity contribution >= 4 is 29.4 Å². The minimum Gasteiger partial charge on any atom is -0.477 e. The molecule has 19 heavy (non-hydrogen) atoms. The Hall–Kier alpha value is -1.24. The van der Waals surface area contributed by atoms with Gasteiger partial charge in [-0.25, -0.2) is 4.79 Å². The highest BCUT2D eigenvalue weighted by Crippen LogP contribution is 2.30. The zero-order valence-electron chi connectivity index (χ0n) is 10.8. The Morgan fingerprint density at radius 3 is 2.95 bits per heavy atom. The number of oxime groups is 1. The molecule has 0 bridgehead atoms. The normalized spacial score (nSPS) is 29.7. The van der Waals surface area contributed by atoms with Crippen LogP contribution in [0.2, 0.25) is 0 Å². The molecule has 106 valence electrons. The maximum absolute atomic E-state index is 12.0. The van der Waals surface area contributed by atoms with Crippen LogP contribution in [0.3, 0.4) is 0 Å². The molecule has 0 radical (unpaired) electrons. The van der Waals surface area contributed by atoms with Crippen LogP contribution in [0.4, 0.5) is 0 Å². The molecule has 6 nitrogen and oxygen atoms in total. The Labute approximate surface area is 115 Å². The lowest BCUT2D eigenvalue weighted by Crippen LogP contribution is -2.44. The number of carbonyl (C=O) groups excluding carboxylic acids is 1. The number of hydrogen-bond acceptors (Lipinski definition) is 5. The van der Waals surface area contributed by atoms with Gasteiger partial charge in [-0.3, -0.25) is 4.79 Å². The number of aliphatic carboxylic acids is 1. The second-order valence-corrected chi connectivity index (χ2v) is 6.20. The Kier molecular flexibility index (Phi) is 4.68. The van der Waals surface area contributed by atoms with E-state index in [2.05, 4.69) is 17.4 Å². The summed E-state index contributed by atoms with van der Waals surface area (Å²) < 4.78 is 0. The smallest absolute Gasteiger partial charge is 0.353 e. The first-order chi connectivity index (χ1) is 9.11. The molecular weight excluding hydrogens is 268 g/mol. The zero-order valence-corrected chi connectivity index (χ0v) is 11.6. The molecule has 1 heterocycles. The summed E-state index contributed by atoms with van der Waals surface area (Å²) in [5.74, 6) is -0.354. The van der Waals surface area contributed by atoms with Crippen LogP contribution in [-0.4, -0.2) is 45.8 Å². The fraction of sp³-hybridized carbons (Fsp3) is 0.750. The van der Waals surface area contributed by atoms with Crippen molar-refractivity contribution in [3.05, 3.63) is 0 Å². The van der Waals surface area contributed by atoms with E-state index in [4.69, 9.17) is 9.94 Å². The lowest BCUT2D eigenvalue weighted by atomic mass is 10.1. The first-order valence-electron chi connectivity index (χ1n) is 6.49. The predicted octanol–water partition coefficient (Wildman–Crippen LogP) is 1.01. The molecule has 7 heteroatoms. The van der Waals surface area contributed by atoms with Crippen molar-refractivity contribution in [2.75, 3.05) is 5.75 Å². The Balaban J connectivity index is 1.83. The van der Waals surface area contributed by atoms with Gasteiger partial charge in [0.2, 0.25) is 6.10 Å². The van der Waals surface area contributed by atoms with Crippen molar-refractivity contribution in [2.45, 2.75) is 50.0 Å². The average Bonchev–Trinajstić information content (AvgIpc) is 2.99. The summed E-state index contributed by atoms with van der Waals surface area (Å²) in [5, 5.41) is 15.6. The van der Waals surface area contributed by atoms with E-state index >= 15 is 0 Å². The number of hydrogen-bond donors (Lipinski definition) is 2. The lowest BCUT2D eigenvalue weighted by molar-refractivity contribution is -0.131. The van der Waals surface area contributed by atoms with Gasteiger partial charge in [-0.2, -0.15) is 11.8 Å². The van der Waals surface area contributed by atoms with Gasteiger partial charge in [0.1, 0.15) is 0 Å². The number of thioether (sulfide) groups is 1. The molecule has 2 aliphatic rings. The molecule has 1 fully saturated rings. The van der Waals surface area contributed by atoms with Crippen molar-refractivity contribution < 1.29 is 19.5 Å². The van der Waals surface area contributed by atoms with E-state index < -0.39 is 12.1 Å². The zero-order chi connectivity index (χ0) is 13.8. The summed E-state index contributed by atoms with van der Waals surface area (Å²) in [6.45, 7) is 2.11. The highest BCUT2D eigenvalue weighted by molar-refractivity contribution is 7.99. The first-order valence-corrected chi connectivity index (χ1v) is 7.54. The molecule has 1 saturated carbocycles. The third kappa shape index (κ3) is 3.40. The van der Waals surface area contributed by atoms with Gasteiger partial charge in [0.15, 0.2) is 5.71 Å². The molecule has 1 amide bonds. The number of amides is 1. The summed E-state index contributed by atoms with van der Waals surface area (Å²) in [4.78, 5) is 27.6. The van der Waals surface area contributed by atoms with Crippen LogP contribution >= 0.6 is 11.8 Å². The highest BCUT2D eigenvalue weighted by atomic mass is 32.2. The van der Waals surface area contributed by atoms with Gasteiger partial charge in [-0.05, 0) is 18.6 Å². The van der Waals surface area contributed by atoms with Crippen LogP contribution in [0.25, 0.3) is 0 Å². The molecule has 0 saturated heterocycles. The second-order valence-electron chi connectivity index (χ2n) is 4.68. The Bertz CT molecular complexity index is 399. The molecule has 0 spiro atoms. The molecule has 3 atom stereocenters. The summed E-state index contributed by atoms with van der Waals surface area (Å²) >= 11 is 1.86. The third-order valence-corrected chi connectivity index (χ3v) is 4.69. The van der Waals surface area contributed by atoms with Crippen LogP contribution in [0.1, 0.15) is 32.6 Å². The third-order valence-electron chi connectivity index (χ3n) is 3.37. The van der Waals surface area contributed by atoms with Crippen LogP contribution in [0.5, 0.6) is 0 Å². The topological polar surface area (TPSA) is 88.0 Å². The molecule has 0 aromatic rings. The molecule has 2 rings (SSSR count). The van der Waals surface area contributed by atoms with E-state index in [9.17, 15) is 9.59 Å². The van der Waals surface area contributed by atoms with Crippen LogP contribution in [0, 0.1) is 0 Å². The minimum absolute atomic E-state index is 0.0411. The maximum atomic E-state index is 12.0. The van der Waals surface area contributed by atoms with Gasteiger partial charge in [-0.1, -0.05) is 18.5 Å². The van der Waals surface area contributed by atoms with Crippen molar-refractivity contribution in [2.24, 2.45) is 5.16 Å². The minimum atomic E-state index is -1.13. The number of rotatable bonds is 5. The van der Waals surface area contributed by atoms with Crippen LogP contribution < -0.4 is 5.32 Å². The van der Waals surface area contributed by atoms with Crippen molar-refractivity contribution in [3.8, 4) is 0 Å². The molecule has 2 N–H and O–H groups in total. The fourth-order valence-electron chi connectivity index (χ4n) is 2.42. The Morgan fingerprint density at radius 2 is 2.32 bits per heavy atom. The fourth-order valence-corrected chi connectivity index (χ4v) is 3.62. The average molecular weight is 286 g/mol. The quantitative estimate of drug-likeness (QED) is 0.787. The van der Waals surface area contributed by atoms with E-state index in [1.54, 1.807) is 0 Å². The summed E-state index contributed by atoms with van der Waals surface area (Å²) in [6.07, 6.45) is 2.46. The summed E-state index contributed by atoms with van der Waals surface area (Å²) in [6, 6.07) is 0.162. The van der Waals surface area contributed by atoms with Gasteiger partial charge in [-0.15, -0.1) is 0 Å². The van der Waals surface area contributed by atoms with Gasteiger partial charge in [0.25, 0.3) is 5.91 Å². The van der Waals surface area contributed by atoms with Gasteiger partial charge in [0.05, 0.1) is 0 Å². The number of nitrogens with one attached hydrogen (secondary N) is 1. The number of carboxylic acids is 1. The maximum Gasteiger partial charge on any atom is 0.353 e. The van der Waals surface area contributed by atoms with Crippen molar-refractivity contribution in [3.63, 3.8) is 0 Å². The molecule has 1 aliphatic carbocycles. The molecule has 3 unspecified atom stereocenters. The van der Waals surface area contributed by atoms with Gasteiger partial charge < -0.3 is 15.3 Å². The van der Waals surface area contributed by atoms with Crippen LogP contribution in [-0.2, 0) is 14.4 Å². The van der Waals surface area contributed by atoms with Crippen molar-refractivity contribution in [1.82, 2.24) is 5.32 Å². The van der Waals surface area contributed by atoms with E-state index in [1.165, 1.54) is 0 Å². The monoisotopic (exact) mass is 286 g/mol. The largest absolute Gasteiger partial charge is 0.477 e. The van der Waals surface area contributed by atoms with E-state index in [1.807, 2.05) is 11.8 Å². The first kappa shape index (κ1) is 14.2. The standard InChI is InChI=1S/C12H18N2O4S/c1-2-19-10-5-3-4-7(10)13-11(15)9-6-8(12(16)17)14-18-9/h7,9-10H,2-6H2,1H3,(H,13,15)(H,16,17). The van der Waals surface area contributed by atoms with E-state index in [0.29, 0.717) is 5.25 Å². The lowest BCUT2D eigenvalue weighted by Gasteiger charge is -2.21. The van der Waals surface area contributed by atoms with Gasteiger partial charge >= 0.3 is 5.97 Å². The predicted molar refractivity (Wildman–Crippen MR) is 72.3 cm³/mol. The molecule has 0 aromatic heterocycles. The highest BCUT2D eigenvalue weighted by Gasteiger charge is 2.35. The summed E-state index contributed by atoms with van der Waals surface area (Å²) in [7, 11) is 0. The number of nitrogens with zero attached hydrogens (tertiary/aromatic N) is 1.